The maximum atomic E-state index is 8.89. The van der Waals surface area contributed by atoms with Crippen molar-refractivity contribution in [3.8, 4) is 6.07 Å². The molecule has 1 fully saturated rings. The fourth-order valence-electron chi connectivity index (χ4n) is 1.53. The molecule has 2 nitrogen and oxygen atoms in total. The van der Waals surface area contributed by atoms with E-state index in [0.29, 0.717) is 0 Å². The van der Waals surface area contributed by atoms with Crippen molar-refractivity contribution < 1.29 is 0 Å². The van der Waals surface area contributed by atoms with E-state index in [2.05, 4.69) is 39.4 Å². The monoisotopic (exact) mass is 264 g/mol. The van der Waals surface area contributed by atoms with Gasteiger partial charge in [0.15, 0.2) is 0 Å². The largest absolute Gasteiger partial charge is 0.311 e. The van der Waals surface area contributed by atoms with Gasteiger partial charge in [-0.1, -0.05) is 28.1 Å². The quantitative estimate of drug-likeness (QED) is 0.908. The van der Waals surface area contributed by atoms with Gasteiger partial charge in [0, 0.05) is 17.6 Å². The van der Waals surface area contributed by atoms with Gasteiger partial charge in [-0.25, -0.2) is 0 Å². The summed E-state index contributed by atoms with van der Waals surface area (Å²) in [6.45, 7) is 1.66. The Kier molecular flexibility index (Phi) is 3.08. The normalized spacial score (nSPS) is 17.1. The number of benzene rings is 1. The van der Waals surface area contributed by atoms with Crippen molar-refractivity contribution in [2.75, 3.05) is 6.54 Å². The molecule has 1 aliphatic rings. The van der Waals surface area contributed by atoms with Crippen molar-refractivity contribution in [2.24, 2.45) is 5.41 Å². The van der Waals surface area contributed by atoms with Gasteiger partial charge < -0.3 is 5.32 Å². The highest BCUT2D eigenvalue weighted by molar-refractivity contribution is 9.10. The van der Waals surface area contributed by atoms with Crippen LogP contribution in [0.2, 0.25) is 0 Å². The Morgan fingerprint density at radius 3 is 2.53 bits per heavy atom. The first-order valence-electron chi connectivity index (χ1n) is 5.11. The lowest BCUT2D eigenvalue weighted by Gasteiger charge is -2.07. The van der Waals surface area contributed by atoms with Gasteiger partial charge in [-0.15, -0.1) is 0 Å². The summed E-state index contributed by atoms with van der Waals surface area (Å²) >= 11 is 3.40. The highest BCUT2D eigenvalue weighted by atomic mass is 79.9. The molecule has 0 aromatic heterocycles. The summed E-state index contributed by atoms with van der Waals surface area (Å²) in [7, 11) is 0. The molecule has 1 aromatic rings. The third-order valence-electron chi connectivity index (χ3n) is 2.80. The Balaban J connectivity index is 1.79. The fourth-order valence-corrected chi connectivity index (χ4v) is 1.79. The third-order valence-corrected chi connectivity index (χ3v) is 3.33. The lowest BCUT2D eigenvalue weighted by Crippen LogP contribution is -2.22. The number of nitrogens with zero attached hydrogens (tertiary/aromatic N) is 1. The average Bonchev–Trinajstić information content (AvgIpc) is 3.02. The molecule has 0 spiro atoms. The molecular weight excluding hydrogens is 252 g/mol. The van der Waals surface area contributed by atoms with Gasteiger partial charge in [0.05, 0.1) is 11.5 Å². The Morgan fingerprint density at radius 2 is 2.00 bits per heavy atom. The Morgan fingerprint density at radius 1 is 1.33 bits per heavy atom. The van der Waals surface area contributed by atoms with Crippen LogP contribution in [-0.2, 0) is 6.54 Å². The van der Waals surface area contributed by atoms with Crippen LogP contribution >= 0.6 is 15.9 Å². The summed E-state index contributed by atoms with van der Waals surface area (Å²) in [5.74, 6) is 0. The van der Waals surface area contributed by atoms with Crippen molar-refractivity contribution in [3.63, 3.8) is 0 Å². The Bertz CT molecular complexity index is 374. The zero-order valence-electron chi connectivity index (χ0n) is 8.46. The van der Waals surface area contributed by atoms with Gasteiger partial charge in [0.25, 0.3) is 0 Å². The van der Waals surface area contributed by atoms with Crippen LogP contribution in [0.1, 0.15) is 18.4 Å². The first-order valence-corrected chi connectivity index (χ1v) is 5.90. The van der Waals surface area contributed by atoms with Gasteiger partial charge in [-0.05, 0) is 30.5 Å². The summed E-state index contributed by atoms with van der Waals surface area (Å²) in [5, 5.41) is 12.2. The Hall–Kier alpha value is -0.850. The van der Waals surface area contributed by atoms with Crippen molar-refractivity contribution in [1.82, 2.24) is 5.32 Å². The molecule has 1 saturated carbocycles. The minimum Gasteiger partial charge on any atom is -0.311 e. The smallest absolute Gasteiger partial charge is 0.0703 e. The van der Waals surface area contributed by atoms with E-state index < -0.39 is 0 Å². The van der Waals surface area contributed by atoms with Gasteiger partial charge in [0.2, 0.25) is 0 Å². The van der Waals surface area contributed by atoms with Crippen molar-refractivity contribution in [2.45, 2.75) is 19.4 Å². The molecule has 0 atom stereocenters. The van der Waals surface area contributed by atoms with E-state index in [4.69, 9.17) is 5.26 Å². The molecule has 0 amide bonds. The van der Waals surface area contributed by atoms with Crippen LogP contribution in [-0.4, -0.2) is 6.54 Å². The molecule has 2 rings (SSSR count). The van der Waals surface area contributed by atoms with E-state index in [0.717, 1.165) is 30.4 Å². The summed E-state index contributed by atoms with van der Waals surface area (Å²) in [6, 6.07) is 10.6. The summed E-state index contributed by atoms with van der Waals surface area (Å²) < 4.78 is 1.10. The first kappa shape index (κ1) is 10.7. The number of hydrogen-bond donors (Lipinski definition) is 1. The van der Waals surface area contributed by atoms with Crippen LogP contribution in [0, 0.1) is 16.7 Å². The van der Waals surface area contributed by atoms with E-state index in [1.807, 2.05) is 12.1 Å². The number of nitrogens with one attached hydrogen (secondary N) is 1. The van der Waals surface area contributed by atoms with E-state index in [9.17, 15) is 0 Å². The molecule has 1 N–H and O–H groups in total. The molecule has 0 bridgehead atoms. The van der Waals surface area contributed by atoms with Crippen LogP contribution in [0.15, 0.2) is 28.7 Å². The van der Waals surface area contributed by atoms with E-state index >= 15 is 0 Å². The van der Waals surface area contributed by atoms with Crippen LogP contribution in [0.3, 0.4) is 0 Å². The zero-order chi connectivity index (χ0) is 10.7. The number of nitriles is 1. The second kappa shape index (κ2) is 4.34. The van der Waals surface area contributed by atoms with E-state index in [1.165, 1.54) is 5.56 Å². The second-order valence-electron chi connectivity index (χ2n) is 4.12. The van der Waals surface area contributed by atoms with Crippen molar-refractivity contribution in [3.05, 3.63) is 34.3 Å². The van der Waals surface area contributed by atoms with Gasteiger partial charge in [-0.2, -0.15) is 5.26 Å². The standard InChI is InChI=1S/C12H13BrN2/c13-11-3-1-10(2-4-11)7-15-9-12(8-14)5-6-12/h1-4,15H,5-7,9H2. The van der Waals surface area contributed by atoms with Crippen LogP contribution in [0.5, 0.6) is 0 Å². The molecule has 3 heteroatoms. The SMILES string of the molecule is N#CC1(CNCc2ccc(Br)cc2)CC1. The minimum atomic E-state index is -0.0463. The molecule has 0 aliphatic heterocycles. The number of rotatable bonds is 4. The maximum absolute atomic E-state index is 8.89. The first-order chi connectivity index (χ1) is 7.24. The molecule has 1 aromatic carbocycles. The molecule has 0 heterocycles. The third kappa shape index (κ3) is 2.80. The molecule has 0 unspecified atom stereocenters. The molecule has 15 heavy (non-hydrogen) atoms. The highest BCUT2D eigenvalue weighted by Crippen LogP contribution is 2.44. The number of halogens is 1. The lowest BCUT2D eigenvalue weighted by atomic mass is 10.1. The van der Waals surface area contributed by atoms with Crippen molar-refractivity contribution >= 4 is 15.9 Å². The van der Waals surface area contributed by atoms with Crippen LogP contribution in [0.25, 0.3) is 0 Å². The summed E-state index contributed by atoms with van der Waals surface area (Å²) in [4.78, 5) is 0. The topological polar surface area (TPSA) is 35.8 Å². The van der Waals surface area contributed by atoms with Gasteiger partial charge in [0.1, 0.15) is 0 Å². The average molecular weight is 265 g/mol. The number of hydrogen-bond acceptors (Lipinski definition) is 2. The highest BCUT2D eigenvalue weighted by Gasteiger charge is 2.42. The van der Waals surface area contributed by atoms with Crippen molar-refractivity contribution in [1.29, 1.82) is 5.26 Å². The zero-order valence-corrected chi connectivity index (χ0v) is 10.0. The molecule has 0 radical (unpaired) electrons. The predicted molar refractivity (Wildman–Crippen MR) is 63.1 cm³/mol. The second-order valence-corrected chi connectivity index (χ2v) is 5.04. The molecule has 0 saturated heterocycles. The lowest BCUT2D eigenvalue weighted by molar-refractivity contribution is 0.558. The van der Waals surface area contributed by atoms with Crippen LogP contribution < -0.4 is 5.32 Å². The van der Waals surface area contributed by atoms with Gasteiger partial charge in [-0.3, -0.25) is 0 Å². The molecule has 78 valence electrons. The minimum absolute atomic E-state index is 0.0463. The predicted octanol–water partition coefficient (Wildman–Crippen LogP) is 2.84. The molecular formula is C12H13BrN2. The van der Waals surface area contributed by atoms with Gasteiger partial charge >= 0.3 is 0 Å². The summed E-state index contributed by atoms with van der Waals surface area (Å²) in [5.41, 5.74) is 1.21. The maximum Gasteiger partial charge on any atom is 0.0703 e. The fraction of sp³-hybridized carbons (Fsp3) is 0.417. The Labute approximate surface area is 98.4 Å². The molecule has 1 aliphatic carbocycles. The van der Waals surface area contributed by atoms with E-state index in [-0.39, 0.29) is 5.41 Å². The van der Waals surface area contributed by atoms with E-state index in [1.54, 1.807) is 0 Å². The van der Waals surface area contributed by atoms with Crippen LogP contribution in [0.4, 0.5) is 0 Å². The summed E-state index contributed by atoms with van der Waals surface area (Å²) in [6.07, 6.45) is 2.10.